The van der Waals surface area contributed by atoms with Crippen molar-refractivity contribution in [1.29, 1.82) is 0 Å². The van der Waals surface area contributed by atoms with Gasteiger partial charge in [-0.3, -0.25) is 9.59 Å². The predicted molar refractivity (Wildman–Crippen MR) is 126 cm³/mol. The van der Waals surface area contributed by atoms with Crippen LogP contribution in [0.25, 0.3) is 11.1 Å². The zero-order chi connectivity index (χ0) is 24.0. The molecule has 0 radical (unpaired) electrons. The minimum Gasteiger partial charge on any atom is -0.481 e. The quantitative estimate of drug-likeness (QED) is 0.579. The summed E-state index contributed by atoms with van der Waals surface area (Å²) in [5.41, 5.74) is 3.90. The van der Waals surface area contributed by atoms with E-state index in [0.29, 0.717) is 19.3 Å². The van der Waals surface area contributed by atoms with Gasteiger partial charge >= 0.3 is 12.1 Å². The zero-order valence-electron chi connectivity index (χ0n) is 19.4. The Morgan fingerprint density at radius 3 is 2.21 bits per heavy atom. The Labute approximate surface area is 198 Å². The van der Waals surface area contributed by atoms with E-state index in [1.54, 1.807) is 0 Å². The number of hydrogen-bond donors (Lipinski definition) is 3. The fraction of sp³-hybridized carbons (Fsp3) is 0.444. The summed E-state index contributed by atoms with van der Waals surface area (Å²) in [6.45, 7) is 3.90. The average molecular weight is 463 g/mol. The molecule has 3 aliphatic carbocycles. The van der Waals surface area contributed by atoms with Gasteiger partial charge in [0.1, 0.15) is 12.6 Å². The minimum absolute atomic E-state index is 0.0538. The first-order chi connectivity index (χ1) is 16.3. The maximum absolute atomic E-state index is 12.9. The van der Waals surface area contributed by atoms with E-state index in [0.717, 1.165) is 22.3 Å². The Morgan fingerprint density at radius 1 is 1.03 bits per heavy atom. The van der Waals surface area contributed by atoms with Crippen LogP contribution >= 0.6 is 0 Å². The van der Waals surface area contributed by atoms with E-state index < -0.39 is 23.5 Å². The molecule has 2 aromatic carbocycles. The minimum atomic E-state index is -0.772. The number of amides is 2. The van der Waals surface area contributed by atoms with E-state index in [1.807, 2.05) is 38.1 Å². The number of ether oxygens (including phenoxy) is 1. The molecule has 3 aliphatic rings. The van der Waals surface area contributed by atoms with Gasteiger partial charge < -0.3 is 20.5 Å². The smallest absolute Gasteiger partial charge is 0.407 e. The number of hydrogen-bond acceptors (Lipinski definition) is 4. The summed E-state index contributed by atoms with van der Waals surface area (Å²) in [5.74, 6) is -1.13. The number of carbonyl (C=O) groups is 3. The van der Waals surface area contributed by atoms with Crippen LogP contribution in [-0.2, 0) is 14.3 Å². The lowest BCUT2D eigenvalue weighted by Gasteiger charge is -2.25. The third-order valence-electron chi connectivity index (χ3n) is 7.75. The summed E-state index contributed by atoms with van der Waals surface area (Å²) in [4.78, 5) is 37.2. The molecule has 7 heteroatoms. The second kappa shape index (κ2) is 8.46. The second-order valence-electron chi connectivity index (χ2n) is 10.2. The normalized spacial score (nSPS) is 25.1. The standard InChI is InChI=1S/C27H30N2O5/c1-15(2)23(24(30)28-17-11-16-12-27(16,13-17)25(31)32)29-26(33)34-14-22-20-9-5-3-7-18(20)19-8-4-6-10-21(19)22/h3-10,15-17,22-23H,11-14H2,1-2H3,(H,28,30)(H,29,33)(H,31,32)/t16?,17?,23-,27?/m0/s1. The molecule has 34 heavy (non-hydrogen) atoms. The topological polar surface area (TPSA) is 105 Å². The molecule has 3 N–H and O–H groups in total. The molecule has 4 atom stereocenters. The fourth-order valence-corrected chi connectivity index (χ4v) is 5.86. The molecule has 2 amide bonds. The number of nitrogens with one attached hydrogen (secondary N) is 2. The van der Waals surface area contributed by atoms with Crippen molar-refractivity contribution in [1.82, 2.24) is 10.6 Å². The molecule has 0 aliphatic heterocycles. The summed E-state index contributed by atoms with van der Waals surface area (Å²) in [7, 11) is 0. The van der Waals surface area contributed by atoms with Gasteiger partial charge in [0.2, 0.25) is 5.91 Å². The lowest BCUT2D eigenvalue weighted by molar-refractivity contribution is -0.143. The fourth-order valence-electron chi connectivity index (χ4n) is 5.86. The Kier molecular flexibility index (Phi) is 5.58. The van der Waals surface area contributed by atoms with E-state index >= 15 is 0 Å². The first kappa shape index (κ1) is 22.4. The van der Waals surface area contributed by atoms with Crippen molar-refractivity contribution in [2.45, 2.75) is 51.1 Å². The van der Waals surface area contributed by atoms with Gasteiger partial charge in [-0.05, 0) is 53.4 Å². The van der Waals surface area contributed by atoms with Crippen molar-refractivity contribution in [3.05, 3.63) is 59.7 Å². The highest BCUT2D eigenvalue weighted by Crippen LogP contribution is 2.63. The van der Waals surface area contributed by atoms with Gasteiger partial charge in [0.25, 0.3) is 0 Å². The van der Waals surface area contributed by atoms with Crippen LogP contribution in [0.15, 0.2) is 48.5 Å². The van der Waals surface area contributed by atoms with Crippen LogP contribution in [0.3, 0.4) is 0 Å². The van der Waals surface area contributed by atoms with E-state index in [4.69, 9.17) is 4.74 Å². The molecule has 0 bridgehead atoms. The van der Waals surface area contributed by atoms with Gasteiger partial charge in [-0.15, -0.1) is 0 Å². The highest BCUT2D eigenvalue weighted by Gasteiger charge is 2.65. The summed E-state index contributed by atoms with van der Waals surface area (Å²) < 4.78 is 5.60. The average Bonchev–Trinajstić information content (AvgIpc) is 3.25. The molecule has 2 fully saturated rings. The van der Waals surface area contributed by atoms with Crippen molar-refractivity contribution in [3.8, 4) is 11.1 Å². The van der Waals surface area contributed by atoms with Crippen LogP contribution in [0.2, 0.25) is 0 Å². The van der Waals surface area contributed by atoms with E-state index in [-0.39, 0.29) is 36.3 Å². The number of rotatable bonds is 7. The van der Waals surface area contributed by atoms with Crippen molar-refractivity contribution >= 4 is 18.0 Å². The van der Waals surface area contributed by atoms with Crippen LogP contribution in [-0.4, -0.2) is 41.8 Å². The zero-order valence-corrected chi connectivity index (χ0v) is 19.4. The second-order valence-corrected chi connectivity index (χ2v) is 10.2. The van der Waals surface area contributed by atoms with Crippen LogP contribution in [0.4, 0.5) is 4.79 Å². The molecule has 7 nitrogen and oxygen atoms in total. The molecular formula is C27H30N2O5. The Morgan fingerprint density at radius 2 is 1.65 bits per heavy atom. The third kappa shape index (κ3) is 3.83. The van der Waals surface area contributed by atoms with E-state index in [9.17, 15) is 19.5 Å². The van der Waals surface area contributed by atoms with Gasteiger partial charge in [0, 0.05) is 12.0 Å². The molecule has 2 aromatic rings. The number of alkyl carbamates (subject to hydrolysis) is 1. The van der Waals surface area contributed by atoms with Gasteiger partial charge in [-0.1, -0.05) is 62.4 Å². The number of carbonyl (C=O) groups excluding carboxylic acids is 2. The summed E-state index contributed by atoms with van der Waals surface area (Å²) in [5, 5.41) is 15.2. The predicted octanol–water partition coefficient (Wildman–Crippen LogP) is 3.92. The lowest BCUT2D eigenvalue weighted by atomic mass is 9.98. The van der Waals surface area contributed by atoms with Crippen molar-refractivity contribution in [2.24, 2.45) is 17.3 Å². The maximum Gasteiger partial charge on any atom is 0.407 e. The molecule has 0 heterocycles. The largest absolute Gasteiger partial charge is 0.481 e. The van der Waals surface area contributed by atoms with Crippen molar-refractivity contribution in [3.63, 3.8) is 0 Å². The molecule has 2 saturated carbocycles. The molecule has 0 spiro atoms. The SMILES string of the molecule is CC(C)[C@H](NC(=O)OCC1c2ccccc2-c2ccccc21)C(=O)NC1CC2CC2(C(=O)O)C1. The van der Waals surface area contributed by atoms with Crippen LogP contribution < -0.4 is 10.6 Å². The molecule has 178 valence electrons. The Hall–Kier alpha value is -3.35. The first-order valence-electron chi connectivity index (χ1n) is 12.0. The lowest BCUT2D eigenvalue weighted by Crippen LogP contribution is -2.52. The molecule has 3 unspecified atom stereocenters. The number of fused-ring (bicyclic) bond motifs is 4. The van der Waals surface area contributed by atoms with E-state index in [1.165, 1.54) is 0 Å². The van der Waals surface area contributed by atoms with Crippen molar-refractivity contribution in [2.75, 3.05) is 6.61 Å². The number of benzene rings is 2. The van der Waals surface area contributed by atoms with Gasteiger partial charge in [-0.25, -0.2) is 4.79 Å². The summed E-state index contributed by atoms with van der Waals surface area (Å²) in [6.07, 6.45) is 1.19. The number of carboxylic acids is 1. The molecular weight excluding hydrogens is 432 g/mol. The molecule has 0 saturated heterocycles. The Bertz CT molecular complexity index is 1100. The molecule has 5 rings (SSSR count). The highest BCUT2D eigenvalue weighted by molar-refractivity contribution is 5.87. The first-order valence-corrected chi connectivity index (χ1v) is 12.0. The van der Waals surface area contributed by atoms with E-state index in [2.05, 4.69) is 34.9 Å². The summed E-state index contributed by atoms with van der Waals surface area (Å²) in [6, 6.07) is 15.3. The van der Waals surface area contributed by atoms with Gasteiger partial charge in [0.15, 0.2) is 0 Å². The highest BCUT2D eigenvalue weighted by atomic mass is 16.5. The summed E-state index contributed by atoms with van der Waals surface area (Å²) >= 11 is 0. The number of carboxylic acid groups (broad SMARTS) is 1. The van der Waals surface area contributed by atoms with Crippen LogP contribution in [0, 0.1) is 17.3 Å². The third-order valence-corrected chi connectivity index (χ3v) is 7.75. The maximum atomic E-state index is 12.9. The van der Waals surface area contributed by atoms with Crippen molar-refractivity contribution < 1.29 is 24.2 Å². The molecule has 0 aromatic heterocycles. The van der Waals surface area contributed by atoms with Crippen LogP contribution in [0.1, 0.15) is 50.2 Å². The monoisotopic (exact) mass is 462 g/mol. The number of aliphatic carboxylic acids is 1. The Balaban J connectivity index is 1.20. The van der Waals surface area contributed by atoms with Gasteiger partial charge in [0.05, 0.1) is 5.41 Å². The van der Waals surface area contributed by atoms with Gasteiger partial charge in [-0.2, -0.15) is 0 Å². The van der Waals surface area contributed by atoms with Crippen LogP contribution in [0.5, 0.6) is 0 Å².